The Morgan fingerprint density at radius 3 is 2.68 bits per heavy atom. The molecule has 1 aromatic heterocycles. The average molecular weight is 328 g/mol. The van der Waals surface area contributed by atoms with Gasteiger partial charge in [0.1, 0.15) is 17.4 Å². The Hall–Kier alpha value is -1.56. The third-order valence-electron chi connectivity index (χ3n) is 3.06. The number of hydrogen-bond donors (Lipinski definition) is 1. The minimum Gasteiger partial charge on any atom is -0.496 e. The van der Waals surface area contributed by atoms with Crippen molar-refractivity contribution in [2.24, 2.45) is 0 Å². The predicted molar refractivity (Wildman–Crippen MR) is 75.8 cm³/mol. The molecule has 0 aliphatic carbocycles. The molecule has 0 amide bonds. The first kappa shape index (κ1) is 13.9. The van der Waals surface area contributed by atoms with Crippen LogP contribution in [-0.4, -0.2) is 16.9 Å². The van der Waals surface area contributed by atoms with Crippen LogP contribution in [0.25, 0.3) is 0 Å². The van der Waals surface area contributed by atoms with Crippen LogP contribution in [0.3, 0.4) is 0 Å². The van der Waals surface area contributed by atoms with Crippen molar-refractivity contribution in [3.05, 3.63) is 39.7 Å². The zero-order valence-electron chi connectivity index (χ0n) is 10.9. The van der Waals surface area contributed by atoms with Gasteiger partial charge in [0, 0.05) is 0 Å². The van der Waals surface area contributed by atoms with Crippen LogP contribution in [0, 0.1) is 12.7 Å². The van der Waals surface area contributed by atoms with Crippen molar-refractivity contribution in [1.29, 1.82) is 0 Å². The number of hydrogen-bond acceptors (Lipinski definition) is 3. The summed E-state index contributed by atoms with van der Waals surface area (Å²) in [5.74, 6) is 0.613. The number of aryl methyl sites for hydroxylation is 1. The summed E-state index contributed by atoms with van der Waals surface area (Å²) in [5.41, 5.74) is 7.17. The minimum absolute atomic E-state index is 0.337. The molecular weight excluding hydrogens is 313 g/mol. The molecule has 2 rings (SSSR count). The number of aromatic nitrogens is 2. The number of rotatable bonds is 3. The van der Waals surface area contributed by atoms with Crippen LogP contribution in [0.5, 0.6) is 5.75 Å². The first-order valence-electron chi connectivity index (χ1n) is 5.79. The lowest BCUT2D eigenvalue weighted by Gasteiger charge is -2.18. The van der Waals surface area contributed by atoms with E-state index >= 15 is 0 Å². The van der Waals surface area contributed by atoms with Crippen LogP contribution >= 0.6 is 15.9 Å². The average Bonchev–Trinajstić information content (AvgIpc) is 2.65. The van der Waals surface area contributed by atoms with E-state index in [0.29, 0.717) is 17.1 Å². The van der Waals surface area contributed by atoms with E-state index in [2.05, 4.69) is 21.0 Å². The molecule has 1 unspecified atom stereocenters. The lowest BCUT2D eigenvalue weighted by Crippen LogP contribution is -2.14. The Kier molecular flexibility index (Phi) is 3.80. The Bertz CT molecular complexity index is 612. The standard InChI is InChI=1S/C13H15BrFN3O/c1-7-12(14)13(16)18(17-7)8(2)11-9(15)5-4-6-10(11)19-3/h4-6,8H,16H2,1-3H3. The quantitative estimate of drug-likeness (QED) is 0.941. The molecule has 1 atom stereocenters. The van der Waals surface area contributed by atoms with Gasteiger partial charge in [-0.05, 0) is 41.9 Å². The van der Waals surface area contributed by atoms with Crippen LogP contribution in [0.2, 0.25) is 0 Å². The van der Waals surface area contributed by atoms with Crippen molar-refractivity contribution in [3.8, 4) is 5.75 Å². The Labute approximate surface area is 119 Å². The minimum atomic E-state index is -0.360. The number of nitrogen functional groups attached to an aromatic ring is 1. The second kappa shape index (κ2) is 5.21. The summed E-state index contributed by atoms with van der Waals surface area (Å²) in [6.45, 7) is 3.67. The SMILES string of the molecule is COc1cccc(F)c1C(C)n1nc(C)c(Br)c1N. The number of nitrogens with zero attached hydrogens (tertiary/aromatic N) is 2. The third-order valence-corrected chi connectivity index (χ3v) is 4.04. The fraction of sp³-hybridized carbons (Fsp3) is 0.308. The molecule has 2 N–H and O–H groups in total. The summed E-state index contributed by atoms with van der Waals surface area (Å²) in [5, 5.41) is 4.33. The molecule has 1 heterocycles. The largest absolute Gasteiger partial charge is 0.496 e. The van der Waals surface area contributed by atoms with Gasteiger partial charge in [-0.15, -0.1) is 0 Å². The summed E-state index contributed by atoms with van der Waals surface area (Å²) in [7, 11) is 1.51. The number of ether oxygens (including phenoxy) is 1. The van der Waals surface area contributed by atoms with Crippen molar-refractivity contribution >= 4 is 21.7 Å². The highest BCUT2D eigenvalue weighted by atomic mass is 79.9. The van der Waals surface area contributed by atoms with Gasteiger partial charge in [0.05, 0.1) is 28.9 Å². The van der Waals surface area contributed by atoms with Gasteiger partial charge in [0.15, 0.2) is 0 Å². The van der Waals surface area contributed by atoms with Crippen LogP contribution in [0.15, 0.2) is 22.7 Å². The van der Waals surface area contributed by atoms with Crippen molar-refractivity contribution in [3.63, 3.8) is 0 Å². The molecule has 6 heteroatoms. The highest BCUT2D eigenvalue weighted by molar-refractivity contribution is 9.10. The van der Waals surface area contributed by atoms with Gasteiger partial charge in [0.2, 0.25) is 0 Å². The molecule has 19 heavy (non-hydrogen) atoms. The van der Waals surface area contributed by atoms with Crippen LogP contribution < -0.4 is 10.5 Å². The number of methoxy groups -OCH3 is 1. The predicted octanol–water partition coefficient (Wildman–Crippen LogP) is 3.29. The molecule has 4 nitrogen and oxygen atoms in total. The van der Waals surface area contributed by atoms with E-state index in [1.807, 2.05) is 13.8 Å². The van der Waals surface area contributed by atoms with Crippen molar-refractivity contribution in [2.75, 3.05) is 12.8 Å². The highest BCUT2D eigenvalue weighted by Crippen LogP contribution is 2.34. The molecule has 102 valence electrons. The monoisotopic (exact) mass is 327 g/mol. The normalized spacial score (nSPS) is 12.5. The zero-order chi connectivity index (χ0) is 14.2. The van der Waals surface area contributed by atoms with Crippen molar-refractivity contribution in [2.45, 2.75) is 19.9 Å². The molecule has 0 radical (unpaired) electrons. The van der Waals surface area contributed by atoms with Crippen molar-refractivity contribution in [1.82, 2.24) is 9.78 Å². The fourth-order valence-electron chi connectivity index (χ4n) is 2.06. The van der Waals surface area contributed by atoms with Gasteiger partial charge in [-0.3, -0.25) is 0 Å². The van der Waals surface area contributed by atoms with Crippen LogP contribution in [-0.2, 0) is 0 Å². The highest BCUT2D eigenvalue weighted by Gasteiger charge is 2.22. The maximum atomic E-state index is 14.0. The second-order valence-electron chi connectivity index (χ2n) is 4.26. The van der Waals surface area contributed by atoms with Gasteiger partial charge in [-0.25, -0.2) is 9.07 Å². The first-order chi connectivity index (χ1) is 8.97. The topological polar surface area (TPSA) is 53.1 Å². The van der Waals surface area contributed by atoms with Gasteiger partial charge in [-0.2, -0.15) is 5.10 Å². The van der Waals surface area contributed by atoms with Gasteiger partial charge in [-0.1, -0.05) is 6.07 Å². The number of anilines is 1. The third kappa shape index (κ3) is 2.32. The number of halogens is 2. The lowest BCUT2D eigenvalue weighted by molar-refractivity contribution is 0.393. The fourth-order valence-corrected chi connectivity index (χ4v) is 2.32. The van der Waals surface area contributed by atoms with E-state index in [-0.39, 0.29) is 11.9 Å². The van der Waals surface area contributed by atoms with Gasteiger partial charge in [0.25, 0.3) is 0 Å². The van der Waals surface area contributed by atoms with Crippen molar-refractivity contribution < 1.29 is 9.13 Å². The summed E-state index contributed by atoms with van der Waals surface area (Å²) >= 11 is 3.36. The summed E-state index contributed by atoms with van der Waals surface area (Å²) in [6, 6.07) is 4.37. The number of benzene rings is 1. The van der Waals surface area contributed by atoms with Gasteiger partial charge < -0.3 is 10.5 Å². The summed E-state index contributed by atoms with van der Waals surface area (Å²) in [4.78, 5) is 0. The molecule has 0 saturated carbocycles. The van der Waals surface area contributed by atoms with Crippen LogP contribution in [0.1, 0.15) is 24.2 Å². The number of nitrogens with two attached hydrogens (primary N) is 1. The summed E-state index contributed by atoms with van der Waals surface area (Å²) in [6.07, 6.45) is 0. The molecule has 0 aliphatic rings. The van der Waals surface area contributed by atoms with Crippen LogP contribution in [0.4, 0.5) is 10.2 Å². The molecule has 0 fully saturated rings. The van der Waals surface area contributed by atoms with E-state index in [0.717, 1.165) is 10.2 Å². The summed E-state index contributed by atoms with van der Waals surface area (Å²) < 4.78 is 21.6. The van der Waals surface area contributed by atoms with E-state index < -0.39 is 0 Å². The molecule has 0 bridgehead atoms. The molecule has 1 aromatic carbocycles. The maximum Gasteiger partial charge on any atom is 0.137 e. The maximum absolute atomic E-state index is 14.0. The first-order valence-corrected chi connectivity index (χ1v) is 6.59. The molecule has 0 aliphatic heterocycles. The van der Waals surface area contributed by atoms with E-state index in [4.69, 9.17) is 10.5 Å². The molecular formula is C13H15BrFN3O. The Balaban J connectivity index is 2.55. The zero-order valence-corrected chi connectivity index (χ0v) is 12.5. The second-order valence-corrected chi connectivity index (χ2v) is 5.05. The molecule has 0 saturated heterocycles. The smallest absolute Gasteiger partial charge is 0.137 e. The van der Waals surface area contributed by atoms with E-state index in [1.54, 1.807) is 16.8 Å². The molecule has 0 spiro atoms. The van der Waals surface area contributed by atoms with E-state index in [9.17, 15) is 4.39 Å². The van der Waals surface area contributed by atoms with Gasteiger partial charge >= 0.3 is 0 Å². The van der Waals surface area contributed by atoms with E-state index in [1.165, 1.54) is 13.2 Å². The Morgan fingerprint density at radius 2 is 2.16 bits per heavy atom. The Morgan fingerprint density at radius 1 is 1.47 bits per heavy atom. The molecule has 2 aromatic rings. The lowest BCUT2D eigenvalue weighted by atomic mass is 10.1.